The Hall–Kier alpha value is -2.10. The Bertz CT molecular complexity index is 596. The number of H-pyrrole nitrogens is 1. The summed E-state index contributed by atoms with van der Waals surface area (Å²) >= 11 is 0. The molecule has 0 fully saturated rings. The van der Waals surface area contributed by atoms with Gasteiger partial charge in [0.1, 0.15) is 0 Å². The Morgan fingerprint density at radius 1 is 1.33 bits per heavy atom. The van der Waals surface area contributed by atoms with Crippen molar-refractivity contribution >= 4 is 22.5 Å². The van der Waals surface area contributed by atoms with E-state index < -0.39 is 0 Å². The first kappa shape index (κ1) is 12.4. The van der Waals surface area contributed by atoms with Crippen LogP contribution in [0.3, 0.4) is 0 Å². The van der Waals surface area contributed by atoms with E-state index in [0.717, 1.165) is 16.6 Å². The number of nitrogens with one attached hydrogen (secondary N) is 2. The highest BCUT2D eigenvalue weighted by molar-refractivity contribution is 6.06. The van der Waals surface area contributed by atoms with Crippen LogP contribution in [0.5, 0.6) is 0 Å². The average molecular weight is 243 g/mol. The molecule has 0 saturated heterocycles. The lowest BCUT2D eigenvalue weighted by atomic mass is 10.1. The zero-order valence-corrected chi connectivity index (χ0v) is 10.8. The van der Waals surface area contributed by atoms with Crippen molar-refractivity contribution in [2.75, 3.05) is 0 Å². The number of carbonyl (C=O) groups excluding carboxylic acids is 1. The van der Waals surface area contributed by atoms with Crippen molar-refractivity contribution in [2.45, 2.75) is 20.8 Å². The summed E-state index contributed by atoms with van der Waals surface area (Å²) in [5.74, 6) is 0.140. The molecule has 4 nitrogen and oxygen atoms in total. The van der Waals surface area contributed by atoms with E-state index in [0.29, 0.717) is 11.5 Å². The lowest BCUT2D eigenvalue weighted by molar-refractivity contribution is 0.0956. The molecule has 4 heteroatoms. The van der Waals surface area contributed by atoms with Crippen LogP contribution < -0.4 is 5.43 Å². The smallest absolute Gasteiger partial charge is 0.273 e. The number of rotatable bonds is 3. The Morgan fingerprint density at radius 3 is 2.78 bits per heavy atom. The molecule has 1 aromatic heterocycles. The van der Waals surface area contributed by atoms with Crippen LogP contribution >= 0.6 is 0 Å². The third-order valence-corrected chi connectivity index (χ3v) is 3.00. The predicted molar refractivity (Wildman–Crippen MR) is 73.7 cm³/mol. The van der Waals surface area contributed by atoms with E-state index >= 15 is 0 Å². The van der Waals surface area contributed by atoms with Crippen LogP contribution in [0.1, 0.15) is 31.1 Å². The van der Waals surface area contributed by atoms with Crippen LogP contribution in [0.4, 0.5) is 0 Å². The minimum Gasteiger partial charge on any atom is -0.360 e. The fourth-order valence-electron chi connectivity index (χ4n) is 1.59. The topological polar surface area (TPSA) is 57.2 Å². The number of fused-ring (bicyclic) bond motifs is 1. The third-order valence-electron chi connectivity index (χ3n) is 3.00. The van der Waals surface area contributed by atoms with Gasteiger partial charge in [0, 0.05) is 22.8 Å². The van der Waals surface area contributed by atoms with Crippen LogP contribution in [0.15, 0.2) is 35.6 Å². The van der Waals surface area contributed by atoms with Gasteiger partial charge in [-0.25, -0.2) is 5.43 Å². The minimum atomic E-state index is -0.188. The second-order valence-corrected chi connectivity index (χ2v) is 4.60. The zero-order chi connectivity index (χ0) is 13.1. The lowest BCUT2D eigenvalue weighted by Crippen LogP contribution is -2.20. The molecule has 1 heterocycles. The lowest BCUT2D eigenvalue weighted by Gasteiger charge is -2.04. The van der Waals surface area contributed by atoms with Gasteiger partial charge in [0.15, 0.2) is 0 Å². The van der Waals surface area contributed by atoms with Crippen molar-refractivity contribution < 1.29 is 4.79 Å². The fraction of sp³-hybridized carbons (Fsp3) is 0.286. The van der Waals surface area contributed by atoms with E-state index in [1.165, 1.54) is 0 Å². The maximum absolute atomic E-state index is 12.0. The van der Waals surface area contributed by atoms with Crippen LogP contribution in [0, 0.1) is 5.92 Å². The quantitative estimate of drug-likeness (QED) is 0.632. The van der Waals surface area contributed by atoms with Gasteiger partial charge in [-0.15, -0.1) is 0 Å². The molecule has 0 aliphatic heterocycles. The molecule has 94 valence electrons. The number of benzene rings is 1. The number of hydrazone groups is 1. The number of aromatic amines is 1. The van der Waals surface area contributed by atoms with Crippen molar-refractivity contribution in [1.29, 1.82) is 0 Å². The van der Waals surface area contributed by atoms with E-state index in [9.17, 15) is 4.79 Å². The molecular weight excluding hydrogens is 226 g/mol. The molecule has 0 saturated carbocycles. The average Bonchev–Trinajstić information content (AvgIpc) is 2.79. The molecule has 0 atom stereocenters. The highest BCUT2D eigenvalue weighted by Gasteiger charge is 2.11. The van der Waals surface area contributed by atoms with Crippen molar-refractivity contribution in [3.8, 4) is 0 Å². The summed E-state index contributed by atoms with van der Waals surface area (Å²) in [6, 6.07) is 7.70. The molecule has 1 aromatic carbocycles. The fourth-order valence-corrected chi connectivity index (χ4v) is 1.59. The molecule has 0 aliphatic rings. The number of hydrogen-bond acceptors (Lipinski definition) is 2. The second kappa shape index (κ2) is 5.04. The Morgan fingerprint density at radius 2 is 2.06 bits per heavy atom. The van der Waals surface area contributed by atoms with Crippen molar-refractivity contribution in [3.05, 3.63) is 36.0 Å². The van der Waals surface area contributed by atoms with Gasteiger partial charge in [-0.2, -0.15) is 5.10 Å². The summed E-state index contributed by atoms with van der Waals surface area (Å²) in [7, 11) is 0. The SMILES string of the molecule is CC(=NNC(=O)c1c[nH]c2ccccc12)C(C)C. The maximum Gasteiger partial charge on any atom is 0.273 e. The maximum atomic E-state index is 12.0. The Balaban J connectivity index is 2.22. The minimum absolute atomic E-state index is 0.188. The first-order chi connectivity index (χ1) is 8.59. The Kier molecular flexibility index (Phi) is 3.46. The van der Waals surface area contributed by atoms with E-state index in [-0.39, 0.29) is 5.91 Å². The van der Waals surface area contributed by atoms with Gasteiger partial charge in [0.05, 0.1) is 5.56 Å². The van der Waals surface area contributed by atoms with Crippen LogP contribution in [-0.2, 0) is 0 Å². The van der Waals surface area contributed by atoms with Crippen molar-refractivity contribution in [3.63, 3.8) is 0 Å². The second-order valence-electron chi connectivity index (χ2n) is 4.60. The molecule has 2 aromatic rings. The zero-order valence-electron chi connectivity index (χ0n) is 10.8. The summed E-state index contributed by atoms with van der Waals surface area (Å²) in [5.41, 5.74) is 5.06. The van der Waals surface area contributed by atoms with E-state index in [4.69, 9.17) is 0 Å². The summed E-state index contributed by atoms with van der Waals surface area (Å²) in [4.78, 5) is 15.1. The standard InChI is InChI=1S/C14H17N3O/c1-9(2)10(3)16-17-14(18)12-8-15-13-7-5-4-6-11(12)13/h4-9,15H,1-3H3,(H,17,18). The summed E-state index contributed by atoms with van der Waals surface area (Å²) in [5, 5.41) is 5.00. The van der Waals surface area contributed by atoms with Crippen LogP contribution in [0.25, 0.3) is 10.9 Å². The van der Waals surface area contributed by atoms with Gasteiger partial charge in [-0.1, -0.05) is 32.0 Å². The summed E-state index contributed by atoms with van der Waals surface area (Å²) in [6.45, 7) is 5.98. The third kappa shape index (κ3) is 2.42. The van der Waals surface area contributed by atoms with Gasteiger partial charge < -0.3 is 4.98 Å². The molecule has 0 bridgehead atoms. The molecule has 18 heavy (non-hydrogen) atoms. The predicted octanol–water partition coefficient (Wildman–Crippen LogP) is 2.93. The number of amides is 1. The number of carbonyl (C=O) groups is 1. The van der Waals surface area contributed by atoms with E-state index in [1.807, 2.05) is 45.0 Å². The molecule has 2 rings (SSSR count). The van der Waals surface area contributed by atoms with E-state index in [1.54, 1.807) is 6.20 Å². The number of nitrogens with zero attached hydrogens (tertiary/aromatic N) is 1. The number of para-hydroxylation sites is 1. The molecule has 0 aliphatic carbocycles. The van der Waals surface area contributed by atoms with E-state index in [2.05, 4.69) is 15.5 Å². The van der Waals surface area contributed by atoms with Gasteiger partial charge in [-0.3, -0.25) is 4.79 Å². The molecule has 0 radical (unpaired) electrons. The molecule has 0 spiro atoms. The summed E-state index contributed by atoms with van der Waals surface area (Å²) < 4.78 is 0. The molecule has 0 unspecified atom stereocenters. The highest BCUT2D eigenvalue weighted by atomic mass is 16.2. The van der Waals surface area contributed by atoms with Crippen molar-refractivity contribution in [2.24, 2.45) is 11.0 Å². The normalized spacial score (nSPS) is 12.1. The van der Waals surface area contributed by atoms with Crippen molar-refractivity contribution in [1.82, 2.24) is 10.4 Å². The summed E-state index contributed by atoms with van der Waals surface area (Å²) in [6.07, 6.45) is 1.71. The molecule has 1 amide bonds. The van der Waals surface area contributed by atoms with Gasteiger partial charge in [0.25, 0.3) is 5.91 Å². The van der Waals surface area contributed by atoms with Gasteiger partial charge in [0.2, 0.25) is 0 Å². The largest absolute Gasteiger partial charge is 0.360 e. The van der Waals surface area contributed by atoms with Crippen LogP contribution in [0.2, 0.25) is 0 Å². The Labute approximate surface area is 106 Å². The number of hydrogen-bond donors (Lipinski definition) is 2. The van der Waals surface area contributed by atoms with Gasteiger partial charge >= 0.3 is 0 Å². The highest BCUT2D eigenvalue weighted by Crippen LogP contribution is 2.17. The van der Waals surface area contributed by atoms with Crippen LogP contribution in [-0.4, -0.2) is 16.6 Å². The van der Waals surface area contributed by atoms with Gasteiger partial charge in [-0.05, 0) is 18.9 Å². The number of aromatic nitrogens is 1. The first-order valence-corrected chi connectivity index (χ1v) is 6.00. The first-order valence-electron chi connectivity index (χ1n) is 6.00. The molecular formula is C14H17N3O. The monoisotopic (exact) mass is 243 g/mol. The molecule has 2 N–H and O–H groups in total.